The molecular formula is C14H22N2O2. The SMILES string of the molecule is CCOC(C)(C)CNCC(=O)Nc1ccccc1. The highest BCUT2D eigenvalue weighted by Crippen LogP contribution is 2.07. The fourth-order valence-corrected chi connectivity index (χ4v) is 1.65. The van der Waals surface area contributed by atoms with Crippen molar-refractivity contribution < 1.29 is 9.53 Å². The van der Waals surface area contributed by atoms with E-state index >= 15 is 0 Å². The van der Waals surface area contributed by atoms with Crippen LogP contribution in [0.5, 0.6) is 0 Å². The van der Waals surface area contributed by atoms with Crippen molar-refractivity contribution in [3.05, 3.63) is 30.3 Å². The molecule has 0 aliphatic carbocycles. The lowest BCUT2D eigenvalue weighted by Crippen LogP contribution is -2.40. The summed E-state index contributed by atoms with van der Waals surface area (Å²) < 4.78 is 5.54. The minimum absolute atomic E-state index is 0.0477. The molecule has 0 aliphatic rings. The van der Waals surface area contributed by atoms with Gasteiger partial charge in [0.25, 0.3) is 0 Å². The first-order valence-electron chi connectivity index (χ1n) is 6.23. The van der Waals surface area contributed by atoms with Crippen molar-refractivity contribution >= 4 is 11.6 Å². The molecule has 0 radical (unpaired) electrons. The molecule has 0 saturated carbocycles. The van der Waals surface area contributed by atoms with Crippen molar-refractivity contribution in [3.63, 3.8) is 0 Å². The van der Waals surface area contributed by atoms with Gasteiger partial charge in [-0.2, -0.15) is 0 Å². The van der Waals surface area contributed by atoms with E-state index in [4.69, 9.17) is 4.74 Å². The summed E-state index contributed by atoms with van der Waals surface area (Å²) in [6, 6.07) is 9.42. The highest BCUT2D eigenvalue weighted by Gasteiger charge is 2.17. The molecule has 0 bridgehead atoms. The number of para-hydroxylation sites is 1. The molecule has 0 unspecified atom stereocenters. The van der Waals surface area contributed by atoms with E-state index in [-0.39, 0.29) is 18.1 Å². The summed E-state index contributed by atoms with van der Waals surface area (Å²) in [5, 5.41) is 5.91. The van der Waals surface area contributed by atoms with Crippen molar-refractivity contribution in [2.45, 2.75) is 26.4 Å². The van der Waals surface area contributed by atoms with Gasteiger partial charge in [0, 0.05) is 18.8 Å². The molecule has 0 fully saturated rings. The number of rotatable bonds is 7. The molecule has 0 atom stereocenters. The fraction of sp³-hybridized carbons (Fsp3) is 0.500. The zero-order valence-electron chi connectivity index (χ0n) is 11.3. The molecule has 1 amide bonds. The van der Waals surface area contributed by atoms with Crippen molar-refractivity contribution in [1.82, 2.24) is 5.32 Å². The maximum absolute atomic E-state index is 11.6. The van der Waals surface area contributed by atoms with E-state index < -0.39 is 0 Å². The first-order chi connectivity index (χ1) is 8.53. The molecule has 4 nitrogen and oxygen atoms in total. The Bertz CT molecular complexity index is 363. The Balaban J connectivity index is 2.26. The summed E-state index contributed by atoms with van der Waals surface area (Å²) in [7, 11) is 0. The third-order valence-corrected chi connectivity index (χ3v) is 2.43. The predicted molar refractivity (Wildman–Crippen MR) is 73.6 cm³/mol. The van der Waals surface area contributed by atoms with E-state index in [0.717, 1.165) is 5.69 Å². The molecule has 1 rings (SSSR count). The molecule has 0 spiro atoms. The van der Waals surface area contributed by atoms with Crippen LogP contribution in [0.25, 0.3) is 0 Å². The lowest BCUT2D eigenvalue weighted by molar-refractivity contribution is -0.115. The molecule has 0 aromatic heterocycles. The summed E-state index contributed by atoms with van der Waals surface area (Å²) in [6.07, 6.45) is 0. The number of anilines is 1. The van der Waals surface area contributed by atoms with Gasteiger partial charge < -0.3 is 15.4 Å². The average Bonchev–Trinajstić information content (AvgIpc) is 2.29. The maximum Gasteiger partial charge on any atom is 0.238 e. The number of carbonyl (C=O) groups excluding carboxylic acids is 1. The predicted octanol–water partition coefficient (Wildman–Crippen LogP) is 2.03. The minimum Gasteiger partial charge on any atom is -0.375 e. The standard InChI is InChI=1S/C14H22N2O2/c1-4-18-14(2,3)11-15-10-13(17)16-12-8-6-5-7-9-12/h5-9,15H,4,10-11H2,1-3H3,(H,16,17). The molecule has 18 heavy (non-hydrogen) atoms. The lowest BCUT2D eigenvalue weighted by Gasteiger charge is -2.24. The van der Waals surface area contributed by atoms with Gasteiger partial charge in [0.1, 0.15) is 0 Å². The Morgan fingerprint density at radius 1 is 1.28 bits per heavy atom. The van der Waals surface area contributed by atoms with E-state index in [0.29, 0.717) is 13.2 Å². The van der Waals surface area contributed by atoms with Crippen LogP contribution in [0.2, 0.25) is 0 Å². The van der Waals surface area contributed by atoms with Gasteiger partial charge in [-0.1, -0.05) is 18.2 Å². The second-order valence-corrected chi connectivity index (χ2v) is 4.71. The molecule has 1 aromatic rings. The topological polar surface area (TPSA) is 50.4 Å². The third kappa shape index (κ3) is 5.80. The van der Waals surface area contributed by atoms with E-state index in [9.17, 15) is 4.79 Å². The third-order valence-electron chi connectivity index (χ3n) is 2.43. The van der Waals surface area contributed by atoms with Gasteiger partial charge in [0.15, 0.2) is 0 Å². The summed E-state index contributed by atoms with van der Waals surface area (Å²) in [5.74, 6) is -0.0477. The van der Waals surface area contributed by atoms with Gasteiger partial charge in [-0.05, 0) is 32.9 Å². The number of hydrogen-bond donors (Lipinski definition) is 2. The van der Waals surface area contributed by atoms with Crippen LogP contribution in [0.1, 0.15) is 20.8 Å². The number of amides is 1. The zero-order valence-corrected chi connectivity index (χ0v) is 11.3. The Hall–Kier alpha value is -1.39. The molecular weight excluding hydrogens is 228 g/mol. The fourth-order valence-electron chi connectivity index (χ4n) is 1.65. The van der Waals surface area contributed by atoms with E-state index in [1.54, 1.807) is 0 Å². The first-order valence-corrected chi connectivity index (χ1v) is 6.23. The molecule has 2 N–H and O–H groups in total. The number of carbonyl (C=O) groups is 1. The second-order valence-electron chi connectivity index (χ2n) is 4.71. The highest BCUT2D eigenvalue weighted by molar-refractivity contribution is 5.92. The van der Waals surface area contributed by atoms with Gasteiger partial charge in [-0.3, -0.25) is 4.79 Å². The second kappa shape index (κ2) is 7.13. The van der Waals surface area contributed by atoms with Crippen molar-refractivity contribution in [1.29, 1.82) is 0 Å². The average molecular weight is 250 g/mol. The molecule has 4 heteroatoms. The number of benzene rings is 1. The Morgan fingerprint density at radius 2 is 1.94 bits per heavy atom. The highest BCUT2D eigenvalue weighted by atomic mass is 16.5. The van der Waals surface area contributed by atoms with Crippen LogP contribution in [0, 0.1) is 0 Å². The van der Waals surface area contributed by atoms with Crippen LogP contribution in [-0.4, -0.2) is 31.2 Å². The van der Waals surface area contributed by atoms with Crippen LogP contribution in [-0.2, 0) is 9.53 Å². The summed E-state index contributed by atoms with van der Waals surface area (Å²) in [4.78, 5) is 11.6. The van der Waals surface area contributed by atoms with Crippen molar-refractivity contribution in [2.24, 2.45) is 0 Å². The van der Waals surface area contributed by atoms with Crippen LogP contribution in [0.3, 0.4) is 0 Å². The smallest absolute Gasteiger partial charge is 0.238 e. The van der Waals surface area contributed by atoms with Crippen LogP contribution in [0.15, 0.2) is 30.3 Å². The van der Waals surface area contributed by atoms with Gasteiger partial charge in [-0.25, -0.2) is 0 Å². The summed E-state index contributed by atoms with van der Waals surface area (Å²) >= 11 is 0. The molecule has 0 heterocycles. The van der Waals surface area contributed by atoms with Crippen LogP contribution in [0.4, 0.5) is 5.69 Å². The van der Waals surface area contributed by atoms with Crippen LogP contribution >= 0.6 is 0 Å². The van der Waals surface area contributed by atoms with Gasteiger partial charge >= 0.3 is 0 Å². The molecule has 0 saturated heterocycles. The zero-order chi connectivity index (χ0) is 13.4. The van der Waals surface area contributed by atoms with Gasteiger partial charge in [-0.15, -0.1) is 0 Å². The minimum atomic E-state index is -0.248. The van der Waals surface area contributed by atoms with E-state index in [1.807, 2.05) is 51.1 Å². The molecule has 1 aromatic carbocycles. The molecule has 100 valence electrons. The van der Waals surface area contributed by atoms with E-state index in [2.05, 4.69) is 10.6 Å². The normalized spacial score (nSPS) is 11.3. The van der Waals surface area contributed by atoms with Crippen LogP contribution < -0.4 is 10.6 Å². The summed E-state index contributed by atoms with van der Waals surface area (Å²) in [5.41, 5.74) is 0.565. The monoisotopic (exact) mass is 250 g/mol. The number of nitrogens with one attached hydrogen (secondary N) is 2. The Kier molecular flexibility index (Phi) is 5.82. The van der Waals surface area contributed by atoms with E-state index in [1.165, 1.54) is 0 Å². The van der Waals surface area contributed by atoms with Gasteiger partial charge in [0.2, 0.25) is 5.91 Å². The Labute approximate surface area is 109 Å². The number of ether oxygens (including phenoxy) is 1. The quantitative estimate of drug-likeness (QED) is 0.778. The molecule has 0 aliphatic heterocycles. The Morgan fingerprint density at radius 3 is 2.56 bits per heavy atom. The maximum atomic E-state index is 11.6. The first kappa shape index (κ1) is 14.7. The summed E-state index contributed by atoms with van der Waals surface area (Å²) in [6.45, 7) is 7.56. The van der Waals surface area contributed by atoms with Gasteiger partial charge in [0.05, 0.1) is 12.1 Å². The number of hydrogen-bond acceptors (Lipinski definition) is 3. The van der Waals surface area contributed by atoms with Crippen molar-refractivity contribution in [3.8, 4) is 0 Å². The van der Waals surface area contributed by atoms with Crippen molar-refractivity contribution in [2.75, 3.05) is 25.0 Å². The lowest BCUT2D eigenvalue weighted by atomic mass is 10.1. The largest absolute Gasteiger partial charge is 0.375 e.